The van der Waals surface area contributed by atoms with Crippen molar-refractivity contribution in [3.63, 3.8) is 0 Å². The van der Waals surface area contributed by atoms with Gasteiger partial charge in [-0.3, -0.25) is 4.79 Å². The first-order chi connectivity index (χ1) is 5.27. The predicted molar refractivity (Wildman–Crippen MR) is 45.8 cm³/mol. The SMILES string of the molecule is COCCCCCCC(=O)Cl. The van der Waals surface area contributed by atoms with Crippen LogP contribution in [-0.2, 0) is 9.53 Å². The van der Waals surface area contributed by atoms with Gasteiger partial charge in [0.1, 0.15) is 0 Å². The second kappa shape index (κ2) is 8.02. The Hall–Kier alpha value is -0.0800. The molecule has 0 fully saturated rings. The summed E-state index contributed by atoms with van der Waals surface area (Å²) in [6, 6.07) is 0. The molecule has 0 bridgehead atoms. The van der Waals surface area contributed by atoms with Crippen molar-refractivity contribution in [1.82, 2.24) is 0 Å². The van der Waals surface area contributed by atoms with E-state index in [1.54, 1.807) is 7.11 Å². The van der Waals surface area contributed by atoms with E-state index in [0.717, 1.165) is 32.3 Å². The van der Waals surface area contributed by atoms with E-state index in [-0.39, 0.29) is 5.24 Å². The zero-order chi connectivity index (χ0) is 8.53. The molecule has 0 saturated carbocycles. The Bertz CT molecular complexity index is 104. The van der Waals surface area contributed by atoms with Gasteiger partial charge >= 0.3 is 0 Å². The fourth-order valence-corrected chi connectivity index (χ4v) is 0.998. The van der Waals surface area contributed by atoms with E-state index < -0.39 is 0 Å². The topological polar surface area (TPSA) is 26.3 Å². The van der Waals surface area contributed by atoms with Gasteiger partial charge in [-0.1, -0.05) is 12.8 Å². The second-order valence-electron chi connectivity index (χ2n) is 2.51. The Morgan fingerprint density at radius 1 is 1.27 bits per heavy atom. The van der Waals surface area contributed by atoms with E-state index in [1.807, 2.05) is 0 Å². The number of hydrogen-bond donors (Lipinski definition) is 0. The number of ether oxygens (including phenoxy) is 1. The minimum atomic E-state index is -0.225. The first-order valence-electron chi connectivity index (χ1n) is 3.94. The van der Waals surface area contributed by atoms with Crippen LogP contribution in [0, 0.1) is 0 Å². The molecule has 0 N–H and O–H groups in total. The van der Waals surface area contributed by atoms with Crippen molar-refractivity contribution in [2.45, 2.75) is 32.1 Å². The number of carbonyl (C=O) groups excluding carboxylic acids is 1. The molecule has 0 unspecified atom stereocenters. The van der Waals surface area contributed by atoms with Crippen LogP contribution >= 0.6 is 11.6 Å². The van der Waals surface area contributed by atoms with Crippen molar-refractivity contribution in [3.05, 3.63) is 0 Å². The summed E-state index contributed by atoms with van der Waals surface area (Å²) in [6.07, 6.45) is 4.69. The fourth-order valence-electron chi connectivity index (χ4n) is 0.864. The molecule has 11 heavy (non-hydrogen) atoms. The molecule has 2 nitrogen and oxygen atoms in total. The molecule has 0 atom stereocenters. The molecule has 3 heteroatoms. The molecule has 0 spiro atoms. The maximum Gasteiger partial charge on any atom is 0.221 e. The highest BCUT2D eigenvalue weighted by Gasteiger charge is 1.94. The molecule has 0 rings (SSSR count). The summed E-state index contributed by atoms with van der Waals surface area (Å²) in [4.78, 5) is 10.3. The molecule has 0 aromatic rings. The Balaban J connectivity index is 2.85. The lowest BCUT2D eigenvalue weighted by molar-refractivity contribution is -0.111. The largest absolute Gasteiger partial charge is 0.385 e. The van der Waals surface area contributed by atoms with Crippen LogP contribution in [0.1, 0.15) is 32.1 Å². The monoisotopic (exact) mass is 178 g/mol. The number of carbonyl (C=O) groups is 1. The van der Waals surface area contributed by atoms with Crippen LogP contribution in [0.5, 0.6) is 0 Å². The minimum Gasteiger partial charge on any atom is -0.385 e. The van der Waals surface area contributed by atoms with Gasteiger partial charge in [0.05, 0.1) is 0 Å². The van der Waals surface area contributed by atoms with Gasteiger partial charge < -0.3 is 4.74 Å². The van der Waals surface area contributed by atoms with Gasteiger partial charge in [-0.05, 0) is 24.4 Å². The van der Waals surface area contributed by atoms with Gasteiger partial charge in [0.15, 0.2) is 0 Å². The summed E-state index contributed by atoms with van der Waals surface area (Å²) < 4.78 is 4.88. The third kappa shape index (κ3) is 9.92. The molecular weight excluding hydrogens is 164 g/mol. The molecule has 0 radical (unpaired) electrons. The summed E-state index contributed by atoms with van der Waals surface area (Å²) in [7, 11) is 1.70. The molecule has 0 aromatic heterocycles. The van der Waals surface area contributed by atoms with Gasteiger partial charge in [-0.2, -0.15) is 0 Å². The highest BCUT2D eigenvalue weighted by Crippen LogP contribution is 2.04. The Morgan fingerprint density at radius 3 is 2.45 bits per heavy atom. The van der Waals surface area contributed by atoms with Crippen LogP contribution in [0.2, 0.25) is 0 Å². The maximum absolute atomic E-state index is 10.3. The van der Waals surface area contributed by atoms with E-state index in [0.29, 0.717) is 6.42 Å². The van der Waals surface area contributed by atoms with E-state index in [9.17, 15) is 4.79 Å². The van der Waals surface area contributed by atoms with Crippen molar-refractivity contribution in [1.29, 1.82) is 0 Å². The van der Waals surface area contributed by atoms with Crippen LogP contribution in [0.15, 0.2) is 0 Å². The Morgan fingerprint density at radius 2 is 1.91 bits per heavy atom. The highest BCUT2D eigenvalue weighted by molar-refractivity contribution is 6.63. The number of methoxy groups -OCH3 is 1. The van der Waals surface area contributed by atoms with Crippen LogP contribution < -0.4 is 0 Å². The lowest BCUT2D eigenvalue weighted by Gasteiger charge is -1.97. The molecule has 0 aliphatic carbocycles. The van der Waals surface area contributed by atoms with Crippen LogP contribution in [-0.4, -0.2) is 19.0 Å². The lowest BCUT2D eigenvalue weighted by atomic mass is 10.2. The third-order valence-electron chi connectivity index (χ3n) is 1.47. The molecule has 0 amide bonds. The van der Waals surface area contributed by atoms with Gasteiger partial charge in [-0.25, -0.2) is 0 Å². The number of halogens is 1. The molecule has 0 heterocycles. The van der Waals surface area contributed by atoms with Crippen molar-refractivity contribution in [3.8, 4) is 0 Å². The maximum atomic E-state index is 10.3. The van der Waals surface area contributed by atoms with Crippen molar-refractivity contribution >= 4 is 16.8 Å². The predicted octanol–water partition coefficient (Wildman–Crippen LogP) is 2.35. The summed E-state index contributed by atoms with van der Waals surface area (Å²) in [5.74, 6) is 0. The van der Waals surface area contributed by atoms with E-state index in [4.69, 9.17) is 16.3 Å². The van der Waals surface area contributed by atoms with Crippen LogP contribution in [0.4, 0.5) is 0 Å². The number of hydrogen-bond acceptors (Lipinski definition) is 2. The zero-order valence-electron chi connectivity index (χ0n) is 6.94. The highest BCUT2D eigenvalue weighted by atomic mass is 35.5. The van der Waals surface area contributed by atoms with E-state index in [1.165, 1.54) is 0 Å². The first-order valence-corrected chi connectivity index (χ1v) is 4.32. The lowest BCUT2D eigenvalue weighted by Crippen LogP contribution is -1.90. The average Bonchev–Trinajstić information content (AvgIpc) is 1.96. The average molecular weight is 179 g/mol. The van der Waals surface area contributed by atoms with Gasteiger partial charge in [0.2, 0.25) is 5.24 Å². The number of unbranched alkanes of at least 4 members (excludes halogenated alkanes) is 3. The minimum absolute atomic E-state index is 0.225. The van der Waals surface area contributed by atoms with Crippen LogP contribution in [0.3, 0.4) is 0 Å². The Labute approximate surface area is 72.9 Å². The quantitative estimate of drug-likeness (QED) is 0.442. The van der Waals surface area contributed by atoms with Gasteiger partial charge in [0, 0.05) is 20.1 Å². The van der Waals surface area contributed by atoms with Gasteiger partial charge in [-0.15, -0.1) is 0 Å². The van der Waals surface area contributed by atoms with Crippen molar-refractivity contribution < 1.29 is 9.53 Å². The fraction of sp³-hybridized carbons (Fsp3) is 0.875. The summed E-state index contributed by atoms with van der Waals surface area (Å²) in [6.45, 7) is 0.814. The molecule has 66 valence electrons. The zero-order valence-corrected chi connectivity index (χ0v) is 7.69. The third-order valence-corrected chi connectivity index (χ3v) is 1.66. The second-order valence-corrected chi connectivity index (χ2v) is 2.93. The molecule has 0 aliphatic heterocycles. The van der Waals surface area contributed by atoms with Crippen LogP contribution in [0.25, 0.3) is 0 Å². The van der Waals surface area contributed by atoms with Gasteiger partial charge in [0.25, 0.3) is 0 Å². The van der Waals surface area contributed by atoms with E-state index in [2.05, 4.69) is 0 Å². The van der Waals surface area contributed by atoms with E-state index >= 15 is 0 Å². The molecular formula is C8H15ClO2. The standard InChI is InChI=1S/C8H15ClO2/c1-11-7-5-3-2-4-6-8(9)10/h2-7H2,1H3. The summed E-state index contributed by atoms with van der Waals surface area (Å²) in [5.41, 5.74) is 0. The smallest absolute Gasteiger partial charge is 0.221 e. The molecule has 0 saturated heterocycles. The first kappa shape index (κ1) is 10.9. The summed E-state index contributed by atoms with van der Waals surface area (Å²) in [5, 5.41) is -0.225. The number of rotatable bonds is 7. The Kier molecular flexibility index (Phi) is 7.96. The molecule has 0 aliphatic rings. The molecule has 0 aromatic carbocycles. The van der Waals surface area contributed by atoms with Crippen molar-refractivity contribution in [2.24, 2.45) is 0 Å². The van der Waals surface area contributed by atoms with Crippen molar-refractivity contribution in [2.75, 3.05) is 13.7 Å². The normalized spacial score (nSPS) is 10.0. The summed E-state index contributed by atoms with van der Waals surface area (Å²) >= 11 is 5.15.